The fourth-order valence-electron chi connectivity index (χ4n) is 2.28. The summed E-state index contributed by atoms with van der Waals surface area (Å²) in [6.07, 6.45) is 2.84. The summed E-state index contributed by atoms with van der Waals surface area (Å²) in [6, 6.07) is 10.5. The molecule has 0 radical (unpaired) electrons. The van der Waals surface area contributed by atoms with Gasteiger partial charge in [-0.25, -0.2) is 4.98 Å². The van der Waals surface area contributed by atoms with Crippen LogP contribution in [0.1, 0.15) is 30.9 Å². The monoisotopic (exact) mass is 243 g/mol. The van der Waals surface area contributed by atoms with Crippen molar-refractivity contribution in [1.29, 1.82) is 0 Å². The lowest BCUT2D eigenvalue weighted by Gasteiger charge is -2.04. The highest BCUT2D eigenvalue weighted by molar-refractivity contribution is 5.39. The first-order valence-corrected chi connectivity index (χ1v) is 6.63. The molecule has 3 heteroatoms. The molecule has 2 aromatic rings. The van der Waals surface area contributed by atoms with Crippen molar-refractivity contribution in [2.45, 2.75) is 39.7 Å². The third-order valence-electron chi connectivity index (χ3n) is 3.29. The van der Waals surface area contributed by atoms with Crippen LogP contribution in [0.25, 0.3) is 0 Å². The maximum atomic E-state index is 6.15. The van der Waals surface area contributed by atoms with E-state index < -0.39 is 0 Å². The van der Waals surface area contributed by atoms with Gasteiger partial charge in [-0.15, -0.1) is 0 Å². The molecule has 0 aliphatic rings. The number of aromatic nitrogens is 2. The standard InChI is InChI=1S/C15H21N3/c1-3-14-17-13(15(16)18(14)4-2)11-10-12-8-6-5-7-9-12/h5-9H,3-4,10-11,16H2,1-2H3. The Hall–Kier alpha value is -1.77. The zero-order valence-electron chi connectivity index (χ0n) is 11.2. The first kappa shape index (κ1) is 12.7. The Labute approximate surface area is 109 Å². The second kappa shape index (κ2) is 5.71. The average Bonchev–Trinajstić information content (AvgIpc) is 2.73. The van der Waals surface area contributed by atoms with Crippen LogP contribution in [-0.4, -0.2) is 9.55 Å². The molecule has 3 nitrogen and oxygen atoms in total. The molecule has 0 saturated heterocycles. The van der Waals surface area contributed by atoms with E-state index in [1.165, 1.54) is 5.56 Å². The van der Waals surface area contributed by atoms with Gasteiger partial charge in [0.15, 0.2) is 0 Å². The molecule has 0 spiro atoms. The van der Waals surface area contributed by atoms with Gasteiger partial charge in [-0.2, -0.15) is 0 Å². The van der Waals surface area contributed by atoms with E-state index in [4.69, 9.17) is 5.73 Å². The lowest BCUT2D eigenvalue weighted by molar-refractivity contribution is 0.713. The van der Waals surface area contributed by atoms with Crippen molar-refractivity contribution in [1.82, 2.24) is 9.55 Å². The van der Waals surface area contributed by atoms with E-state index in [9.17, 15) is 0 Å². The van der Waals surface area contributed by atoms with Gasteiger partial charge in [-0.1, -0.05) is 37.3 Å². The van der Waals surface area contributed by atoms with E-state index in [0.717, 1.165) is 43.1 Å². The summed E-state index contributed by atoms with van der Waals surface area (Å²) in [5.74, 6) is 1.93. The Morgan fingerprint density at radius 2 is 1.83 bits per heavy atom. The third kappa shape index (κ3) is 2.55. The number of hydrogen-bond acceptors (Lipinski definition) is 2. The predicted octanol–water partition coefficient (Wildman–Crippen LogP) is 2.83. The smallest absolute Gasteiger partial charge is 0.126 e. The van der Waals surface area contributed by atoms with Gasteiger partial charge in [-0.05, 0) is 25.3 Å². The fourth-order valence-corrected chi connectivity index (χ4v) is 2.28. The molecule has 1 heterocycles. The number of imidazole rings is 1. The van der Waals surface area contributed by atoms with Gasteiger partial charge in [0.1, 0.15) is 11.6 Å². The van der Waals surface area contributed by atoms with Crippen molar-refractivity contribution in [2.75, 3.05) is 5.73 Å². The highest BCUT2D eigenvalue weighted by Crippen LogP contribution is 2.17. The summed E-state index contributed by atoms with van der Waals surface area (Å²) >= 11 is 0. The Morgan fingerprint density at radius 3 is 2.39 bits per heavy atom. The SMILES string of the molecule is CCc1nc(CCc2ccccc2)c(N)n1CC. The van der Waals surface area contributed by atoms with E-state index in [1.54, 1.807) is 0 Å². The largest absolute Gasteiger partial charge is 0.384 e. The van der Waals surface area contributed by atoms with E-state index in [0.29, 0.717) is 0 Å². The van der Waals surface area contributed by atoms with Crippen molar-refractivity contribution in [3.63, 3.8) is 0 Å². The van der Waals surface area contributed by atoms with E-state index in [1.807, 2.05) is 6.07 Å². The number of rotatable bonds is 5. The minimum absolute atomic E-state index is 0.838. The van der Waals surface area contributed by atoms with Gasteiger partial charge in [0, 0.05) is 13.0 Å². The van der Waals surface area contributed by atoms with Crippen LogP contribution in [0.2, 0.25) is 0 Å². The molecule has 1 aromatic heterocycles. The Kier molecular flexibility index (Phi) is 4.03. The van der Waals surface area contributed by atoms with Crippen LogP contribution in [-0.2, 0) is 25.8 Å². The van der Waals surface area contributed by atoms with Crippen LogP contribution >= 0.6 is 0 Å². The molecule has 0 aliphatic carbocycles. The fraction of sp³-hybridized carbons (Fsp3) is 0.400. The van der Waals surface area contributed by atoms with Gasteiger partial charge in [0.25, 0.3) is 0 Å². The van der Waals surface area contributed by atoms with Crippen molar-refractivity contribution < 1.29 is 0 Å². The predicted molar refractivity (Wildman–Crippen MR) is 75.5 cm³/mol. The minimum Gasteiger partial charge on any atom is -0.384 e. The molecule has 0 bridgehead atoms. The number of anilines is 1. The molecule has 18 heavy (non-hydrogen) atoms. The number of nitrogen functional groups attached to an aromatic ring is 1. The van der Waals surface area contributed by atoms with Crippen LogP contribution in [0.3, 0.4) is 0 Å². The summed E-state index contributed by atoms with van der Waals surface area (Å²) in [6.45, 7) is 5.13. The van der Waals surface area contributed by atoms with Gasteiger partial charge in [-0.3, -0.25) is 0 Å². The number of aryl methyl sites for hydroxylation is 3. The molecule has 0 atom stereocenters. The van der Waals surface area contributed by atoms with Gasteiger partial charge >= 0.3 is 0 Å². The second-order valence-corrected chi connectivity index (χ2v) is 4.44. The molecule has 2 N–H and O–H groups in total. The minimum atomic E-state index is 0.838. The lowest BCUT2D eigenvalue weighted by Crippen LogP contribution is -2.05. The van der Waals surface area contributed by atoms with Gasteiger partial charge in [0.05, 0.1) is 5.69 Å². The normalized spacial score (nSPS) is 10.8. The van der Waals surface area contributed by atoms with E-state index in [-0.39, 0.29) is 0 Å². The highest BCUT2D eigenvalue weighted by atomic mass is 15.1. The summed E-state index contributed by atoms with van der Waals surface area (Å²) in [4.78, 5) is 4.65. The summed E-state index contributed by atoms with van der Waals surface area (Å²) in [7, 11) is 0. The number of nitrogens with two attached hydrogens (primary N) is 1. The first-order valence-electron chi connectivity index (χ1n) is 6.63. The first-order chi connectivity index (χ1) is 8.76. The molecule has 0 aliphatic heterocycles. The van der Waals surface area contributed by atoms with Crippen LogP contribution in [0, 0.1) is 0 Å². The van der Waals surface area contributed by atoms with Crippen molar-refractivity contribution in [3.05, 3.63) is 47.4 Å². The summed E-state index contributed by atoms with van der Waals surface area (Å²) < 4.78 is 2.11. The van der Waals surface area contributed by atoms with Crippen molar-refractivity contribution in [2.24, 2.45) is 0 Å². The Bertz CT molecular complexity index is 500. The summed E-state index contributed by atoms with van der Waals surface area (Å²) in [5.41, 5.74) is 8.53. The molecule has 96 valence electrons. The average molecular weight is 243 g/mol. The second-order valence-electron chi connectivity index (χ2n) is 4.44. The van der Waals surface area contributed by atoms with Crippen LogP contribution < -0.4 is 5.73 Å². The van der Waals surface area contributed by atoms with Crippen LogP contribution in [0.15, 0.2) is 30.3 Å². The molecule has 0 fully saturated rings. The Morgan fingerprint density at radius 1 is 1.11 bits per heavy atom. The zero-order valence-corrected chi connectivity index (χ0v) is 11.2. The topological polar surface area (TPSA) is 43.8 Å². The van der Waals surface area contributed by atoms with E-state index in [2.05, 4.69) is 47.7 Å². The molecular weight excluding hydrogens is 222 g/mol. The number of benzene rings is 1. The molecule has 0 unspecified atom stereocenters. The quantitative estimate of drug-likeness (QED) is 0.877. The maximum Gasteiger partial charge on any atom is 0.126 e. The third-order valence-corrected chi connectivity index (χ3v) is 3.29. The van der Waals surface area contributed by atoms with Crippen LogP contribution in [0.5, 0.6) is 0 Å². The molecule has 0 amide bonds. The number of hydrogen-bond donors (Lipinski definition) is 1. The maximum absolute atomic E-state index is 6.15. The van der Waals surface area contributed by atoms with Gasteiger partial charge in [0.2, 0.25) is 0 Å². The molecule has 1 aromatic carbocycles. The number of nitrogens with zero attached hydrogens (tertiary/aromatic N) is 2. The lowest BCUT2D eigenvalue weighted by atomic mass is 10.1. The zero-order chi connectivity index (χ0) is 13.0. The molecule has 0 saturated carbocycles. The summed E-state index contributed by atoms with van der Waals surface area (Å²) in [5, 5.41) is 0. The van der Waals surface area contributed by atoms with Crippen molar-refractivity contribution in [3.8, 4) is 0 Å². The van der Waals surface area contributed by atoms with E-state index >= 15 is 0 Å². The Balaban J connectivity index is 2.12. The highest BCUT2D eigenvalue weighted by Gasteiger charge is 2.11. The van der Waals surface area contributed by atoms with Crippen molar-refractivity contribution >= 4 is 5.82 Å². The van der Waals surface area contributed by atoms with Gasteiger partial charge < -0.3 is 10.3 Å². The molecule has 2 rings (SSSR count). The van der Waals surface area contributed by atoms with Crippen LogP contribution in [0.4, 0.5) is 5.82 Å². The molecular formula is C15H21N3.